The Bertz CT molecular complexity index is 571. The summed E-state index contributed by atoms with van der Waals surface area (Å²) in [6.45, 7) is 4.09. The smallest absolute Gasteiger partial charge is 0.156 e. The predicted octanol–water partition coefficient (Wildman–Crippen LogP) is 0.740. The van der Waals surface area contributed by atoms with Crippen molar-refractivity contribution in [3.8, 4) is 0 Å². The van der Waals surface area contributed by atoms with E-state index in [0.717, 1.165) is 37.8 Å². The number of piperazine rings is 1. The minimum absolute atomic E-state index is 0.439. The van der Waals surface area contributed by atoms with Gasteiger partial charge in [0, 0.05) is 45.7 Å². The van der Waals surface area contributed by atoms with E-state index in [0.29, 0.717) is 12.4 Å². The maximum absolute atomic E-state index is 5.08. The zero-order valence-corrected chi connectivity index (χ0v) is 12.0. The summed E-state index contributed by atoms with van der Waals surface area (Å²) in [5.41, 5.74) is 0. The lowest BCUT2D eigenvalue weighted by Gasteiger charge is -2.35. The van der Waals surface area contributed by atoms with Crippen molar-refractivity contribution < 1.29 is 4.74 Å². The molecular weight excluding hydrogens is 268 g/mol. The van der Waals surface area contributed by atoms with Crippen LogP contribution in [-0.2, 0) is 11.3 Å². The van der Waals surface area contributed by atoms with Gasteiger partial charge in [0.25, 0.3) is 0 Å². The van der Waals surface area contributed by atoms with Gasteiger partial charge >= 0.3 is 0 Å². The van der Waals surface area contributed by atoms with Crippen molar-refractivity contribution in [1.29, 1.82) is 0 Å². The van der Waals surface area contributed by atoms with E-state index < -0.39 is 0 Å². The van der Waals surface area contributed by atoms with Crippen LogP contribution in [-0.4, -0.2) is 53.2 Å². The highest BCUT2D eigenvalue weighted by Gasteiger charge is 2.19. The molecule has 0 bridgehead atoms. The Kier molecular flexibility index (Phi) is 4.20. The van der Waals surface area contributed by atoms with Crippen LogP contribution in [0.1, 0.15) is 5.82 Å². The monoisotopic (exact) mass is 286 g/mol. The van der Waals surface area contributed by atoms with Gasteiger partial charge in [-0.3, -0.25) is 0 Å². The van der Waals surface area contributed by atoms with Crippen LogP contribution in [0.3, 0.4) is 0 Å². The number of ether oxygens (including phenoxy) is 1. The van der Waals surface area contributed by atoms with E-state index >= 15 is 0 Å². The molecule has 0 radical (unpaired) electrons. The van der Waals surface area contributed by atoms with Gasteiger partial charge in [0.15, 0.2) is 5.82 Å². The number of methoxy groups -OCH3 is 1. The van der Waals surface area contributed by atoms with Gasteiger partial charge in [0.2, 0.25) is 0 Å². The zero-order valence-electron chi connectivity index (χ0n) is 12.0. The molecule has 0 spiro atoms. The molecule has 1 aliphatic heterocycles. The molecule has 1 saturated heterocycles. The summed E-state index contributed by atoms with van der Waals surface area (Å²) in [7, 11) is 1.65. The normalized spacial score (nSPS) is 15.3. The molecule has 1 aliphatic rings. The van der Waals surface area contributed by atoms with E-state index in [-0.39, 0.29) is 0 Å². The fourth-order valence-electron chi connectivity index (χ4n) is 2.40. The first-order valence-electron chi connectivity index (χ1n) is 6.93. The second kappa shape index (κ2) is 6.45. The standard InChI is InChI=1S/C14H18N6O/c1-21-10-12-16-5-3-14(18-12)20-8-6-19(7-9-20)13-2-4-15-11-17-13/h2-5,11H,6-10H2,1H3. The fourth-order valence-corrected chi connectivity index (χ4v) is 2.40. The molecule has 2 aromatic rings. The number of aromatic nitrogens is 4. The van der Waals surface area contributed by atoms with Gasteiger partial charge in [-0.2, -0.15) is 0 Å². The van der Waals surface area contributed by atoms with Gasteiger partial charge in [0.05, 0.1) is 0 Å². The molecule has 110 valence electrons. The predicted molar refractivity (Wildman–Crippen MR) is 79.2 cm³/mol. The van der Waals surface area contributed by atoms with E-state index in [1.165, 1.54) is 0 Å². The topological polar surface area (TPSA) is 67.3 Å². The minimum atomic E-state index is 0.439. The highest BCUT2D eigenvalue weighted by molar-refractivity contribution is 5.43. The lowest BCUT2D eigenvalue weighted by molar-refractivity contribution is 0.178. The maximum atomic E-state index is 5.08. The first-order chi connectivity index (χ1) is 10.4. The number of hydrogen-bond acceptors (Lipinski definition) is 7. The second-order valence-electron chi connectivity index (χ2n) is 4.81. The summed E-state index contributed by atoms with van der Waals surface area (Å²) in [5.74, 6) is 2.65. The largest absolute Gasteiger partial charge is 0.377 e. The van der Waals surface area contributed by atoms with Crippen LogP contribution in [0.25, 0.3) is 0 Å². The molecule has 3 rings (SSSR count). The van der Waals surface area contributed by atoms with Gasteiger partial charge in [-0.15, -0.1) is 0 Å². The van der Waals surface area contributed by atoms with Crippen LogP contribution in [0, 0.1) is 0 Å². The molecule has 0 N–H and O–H groups in total. The zero-order chi connectivity index (χ0) is 14.5. The van der Waals surface area contributed by atoms with Crippen molar-refractivity contribution in [3.63, 3.8) is 0 Å². The molecular formula is C14H18N6O. The summed E-state index contributed by atoms with van der Waals surface area (Å²) in [6.07, 6.45) is 5.15. The number of rotatable bonds is 4. The molecule has 0 saturated carbocycles. The molecule has 0 aromatic carbocycles. The molecule has 21 heavy (non-hydrogen) atoms. The van der Waals surface area contributed by atoms with Crippen molar-refractivity contribution in [2.75, 3.05) is 43.1 Å². The van der Waals surface area contributed by atoms with Crippen molar-refractivity contribution in [2.24, 2.45) is 0 Å². The quantitative estimate of drug-likeness (QED) is 0.821. The first-order valence-corrected chi connectivity index (χ1v) is 6.93. The summed E-state index contributed by atoms with van der Waals surface area (Å²) >= 11 is 0. The molecule has 0 unspecified atom stereocenters. The molecule has 1 fully saturated rings. The Hall–Kier alpha value is -2.28. The lowest BCUT2D eigenvalue weighted by atomic mass is 10.3. The summed E-state index contributed by atoms with van der Waals surface area (Å²) in [5, 5.41) is 0. The van der Waals surface area contributed by atoms with Crippen LogP contribution in [0.5, 0.6) is 0 Å². The molecule has 3 heterocycles. The van der Waals surface area contributed by atoms with Crippen LogP contribution in [0.15, 0.2) is 30.9 Å². The molecule has 7 heteroatoms. The van der Waals surface area contributed by atoms with Crippen molar-refractivity contribution in [2.45, 2.75) is 6.61 Å². The van der Waals surface area contributed by atoms with E-state index in [1.807, 2.05) is 12.1 Å². The van der Waals surface area contributed by atoms with Gasteiger partial charge in [-0.1, -0.05) is 0 Å². The number of hydrogen-bond donors (Lipinski definition) is 0. The number of anilines is 2. The lowest BCUT2D eigenvalue weighted by Crippen LogP contribution is -2.47. The van der Waals surface area contributed by atoms with Gasteiger partial charge in [-0.25, -0.2) is 19.9 Å². The van der Waals surface area contributed by atoms with Crippen LogP contribution in [0.4, 0.5) is 11.6 Å². The van der Waals surface area contributed by atoms with Crippen molar-refractivity contribution >= 4 is 11.6 Å². The van der Waals surface area contributed by atoms with Gasteiger partial charge in [-0.05, 0) is 12.1 Å². The first kappa shape index (κ1) is 13.7. The third-order valence-corrected chi connectivity index (χ3v) is 3.46. The van der Waals surface area contributed by atoms with Crippen molar-refractivity contribution in [1.82, 2.24) is 19.9 Å². The molecule has 7 nitrogen and oxygen atoms in total. The summed E-state index contributed by atoms with van der Waals surface area (Å²) in [6, 6.07) is 3.89. The van der Waals surface area contributed by atoms with E-state index in [9.17, 15) is 0 Å². The highest BCUT2D eigenvalue weighted by atomic mass is 16.5. The second-order valence-corrected chi connectivity index (χ2v) is 4.81. The SMILES string of the molecule is COCc1nccc(N2CCN(c3ccncn3)CC2)n1. The van der Waals surface area contributed by atoms with E-state index in [2.05, 4.69) is 29.7 Å². The highest BCUT2D eigenvalue weighted by Crippen LogP contribution is 2.16. The Labute approximate surface area is 123 Å². The maximum Gasteiger partial charge on any atom is 0.156 e. The number of nitrogens with zero attached hydrogens (tertiary/aromatic N) is 6. The Morgan fingerprint density at radius 3 is 2.38 bits per heavy atom. The molecule has 0 atom stereocenters. The average Bonchev–Trinajstić information content (AvgIpc) is 2.56. The Morgan fingerprint density at radius 2 is 1.71 bits per heavy atom. The fraction of sp³-hybridized carbons (Fsp3) is 0.429. The van der Waals surface area contributed by atoms with E-state index in [4.69, 9.17) is 4.74 Å². The summed E-state index contributed by atoms with van der Waals surface area (Å²) in [4.78, 5) is 21.5. The van der Waals surface area contributed by atoms with E-state index in [1.54, 1.807) is 25.8 Å². The van der Waals surface area contributed by atoms with Crippen LogP contribution < -0.4 is 9.80 Å². The third kappa shape index (κ3) is 3.25. The molecule has 0 amide bonds. The average molecular weight is 286 g/mol. The molecule has 2 aromatic heterocycles. The summed E-state index contributed by atoms with van der Waals surface area (Å²) < 4.78 is 5.08. The van der Waals surface area contributed by atoms with Crippen LogP contribution in [0.2, 0.25) is 0 Å². The van der Waals surface area contributed by atoms with Gasteiger partial charge < -0.3 is 14.5 Å². The third-order valence-electron chi connectivity index (χ3n) is 3.46. The van der Waals surface area contributed by atoms with Crippen molar-refractivity contribution in [3.05, 3.63) is 36.7 Å². The van der Waals surface area contributed by atoms with Gasteiger partial charge in [0.1, 0.15) is 24.6 Å². The Balaban J connectivity index is 1.64. The van der Waals surface area contributed by atoms with Crippen LogP contribution >= 0.6 is 0 Å². The Morgan fingerprint density at radius 1 is 1.00 bits per heavy atom. The minimum Gasteiger partial charge on any atom is -0.377 e. The molecule has 0 aliphatic carbocycles.